The van der Waals surface area contributed by atoms with Gasteiger partial charge in [0.05, 0.1) is 0 Å². The normalized spacial score (nSPS) is 10.5. The molecule has 0 bridgehead atoms. The highest BCUT2D eigenvalue weighted by molar-refractivity contribution is 9.10. The summed E-state index contributed by atoms with van der Waals surface area (Å²) in [4.78, 5) is 11.7. The van der Waals surface area contributed by atoms with Gasteiger partial charge in [-0.1, -0.05) is 45.2 Å². The Morgan fingerprint density at radius 3 is 2.62 bits per heavy atom. The number of hydrogen-bond acceptors (Lipinski definition) is 3. The lowest BCUT2D eigenvalue weighted by molar-refractivity contribution is -0.122. The van der Waals surface area contributed by atoms with Crippen LogP contribution in [0, 0.1) is 0 Å². The van der Waals surface area contributed by atoms with Crippen LogP contribution < -0.4 is 10.1 Å². The molecule has 7 heteroatoms. The van der Waals surface area contributed by atoms with Gasteiger partial charge in [-0.15, -0.1) is 0 Å². The van der Waals surface area contributed by atoms with Crippen molar-refractivity contribution >= 4 is 56.8 Å². The van der Waals surface area contributed by atoms with Crippen molar-refractivity contribution < 1.29 is 9.53 Å². The summed E-state index contributed by atoms with van der Waals surface area (Å²) in [7, 11) is 0. The van der Waals surface area contributed by atoms with Gasteiger partial charge in [0, 0.05) is 32.6 Å². The van der Waals surface area contributed by atoms with Gasteiger partial charge in [0.1, 0.15) is 5.75 Å². The van der Waals surface area contributed by atoms with Crippen LogP contribution in [-0.2, 0) is 10.5 Å². The third-order valence-corrected chi connectivity index (χ3v) is 5.15. The quantitative estimate of drug-likeness (QED) is 0.565. The van der Waals surface area contributed by atoms with Gasteiger partial charge in [-0.05, 0) is 42.0 Å². The Balaban J connectivity index is 1.60. The number of benzene rings is 2. The van der Waals surface area contributed by atoms with Crippen LogP contribution >= 0.6 is 50.9 Å². The standard InChI is InChI=1S/C17H16BrCl2NO2S/c18-13-2-5-15(6-3-13)23-10-17(22)21-7-8-24-11-12-1-4-14(19)9-16(12)20/h1-6,9H,7-8,10-11H2,(H,21,22). The van der Waals surface area contributed by atoms with Gasteiger partial charge < -0.3 is 10.1 Å². The fourth-order valence-corrected chi connectivity index (χ4v) is 3.50. The average molecular weight is 449 g/mol. The monoisotopic (exact) mass is 447 g/mol. The fourth-order valence-electron chi connectivity index (χ4n) is 1.81. The Kier molecular flexibility index (Phi) is 8.25. The van der Waals surface area contributed by atoms with Crippen molar-refractivity contribution in [1.82, 2.24) is 5.32 Å². The molecule has 0 spiro atoms. The van der Waals surface area contributed by atoms with Crippen molar-refractivity contribution in [2.45, 2.75) is 5.75 Å². The van der Waals surface area contributed by atoms with E-state index in [0.29, 0.717) is 22.3 Å². The molecule has 0 fully saturated rings. The lowest BCUT2D eigenvalue weighted by Gasteiger charge is -2.08. The molecule has 0 unspecified atom stereocenters. The number of amides is 1. The molecule has 0 radical (unpaired) electrons. The first-order valence-electron chi connectivity index (χ1n) is 7.21. The molecule has 0 aliphatic heterocycles. The third kappa shape index (κ3) is 6.93. The number of rotatable bonds is 8. The molecule has 0 saturated heterocycles. The van der Waals surface area contributed by atoms with Crippen molar-refractivity contribution in [3.8, 4) is 5.75 Å². The molecule has 128 valence electrons. The zero-order valence-corrected chi connectivity index (χ0v) is 16.6. The smallest absolute Gasteiger partial charge is 0.257 e. The Morgan fingerprint density at radius 1 is 1.17 bits per heavy atom. The van der Waals surface area contributed by atoms with Gasteiger partial charge in [0.2, 0.25) is 0 Å². The van der Waals surface area contributed by atoms with Crippen molar-refractivity contribution in [3.63, 3.8) is 0 Å². The summed E-state index contributed by atoms with van der Waals surface area (Å²) in [5, 5.41) is 4.13. The maximum atomic E-state index is 11.7. The first-order valence-corrected chi connectivity index (χ1v) is 9.91. The van der Waals surface area contributed by atoms with E-state index < -0.39 is 0 Å². The van der Waals surface area contributed by atoms with E-state index in [1.165, 1.54) is 0 Å². The van der Waals surface area contributed by atoms with Gasteiger partial charge in [-0.25, -0.2) is 0 Å². The predicted molar refractivity (Wildman–Crippen MR) is 105 cm³/mol. The molecule has 1 N–H and O–H groups in total. The van der Waals surface area contributed by atoms with Crippen molar-refractivity contribution in [3.05, 3.63) is 62.5 Å². The van der Waals surface area contributed by atoms with E-state index in [1.807, 2.05) is 36.4 Å². The molecule has 2 aromatic carbocycles. The van der Waals surface area contributed by atoms with E-state index in [1.54, 1.807) is 17.8 Å². The van der Waals surface area contributed by atoms with E-state index in [4.69, 9.17) is 27.9 Å². The molecule has 24 heavy (non-hydrogen) atoms. The average Bonchev–Trinajstić information content (AvgIpc) is 2.56. The summed E-state index contributed by atoms with van der Waals surface area (Å²) in [5.41, 5.74) is 1.04. The molecule has 0 aromatic heterocycles. The summed E-state index contributed by atoms with van der Waals surface area (Å²) < 4.78 is 6.38. The fraction of sp³-hybridized carbons (Fsp3) is 0.235. The van der Waals surface area contributed by atoms with Gasteiger partial charge in [0.15, 0.2) is 6.61 Å². The Labute approximate surface area is 164 Å². The molecule has 0 aliphatic rings. The number of halogens is 3. The van der Waals surface area contributed by atoms with E-state index >= 15 is 0 Å². The van der Waals surface area contributed by atoms with Crippen LogP contribution in [0.2, 0.25) is 10.0 Å². The van der Waals surface area contributed by atoms with Crippen molar-refractivity contribution in [1.29, 1.82) is 0 Å². The summed E-state index contributed by atoms with van der Waals surface area (Å²) in [5.74, 6) is 2.10. The molecule has 1 amide bonds. The molecule has 0 heterocycles. The molecule has 0 saturated carbocycles. The van der Waals surface area contributed by atoms with E-state index in [2.05, 4.69) is 21.2 Å². The molecular weight excluding hydrogens is 433 g/mol. The number of carbonyl (C=O) groups is 1. The van der Waals surface area contributed by atoms with Crippen molar-refractivity contribution in [2.75, 3.05) is 18.9 Å². The number of carbonyl (C=O) groups excluding carboxylic acids is 1. The highest BCUT2D eigenvalue weighted by atomic mass is 79.9. The molecule has 0 atom stereocenters. The number of thioether (sulfide) groups is 1. The van der Waals surface area contributed by atoms with Crippen LogP contribution in [0.25, 0.3) is 0 Å². The SMILES string of the molecule is O=C(COc1ccc(Br)cc1)NCCSCc1ccc(Cl)cc1Cl. The molecular formula is C17H16BrCl2NO2S. The van der Waals surface area contributed by atoms with E-state index in [0.717, 1.165) is 21.5 Å². The topological polar surface area (TPSA) is 38.3 Å². The highest BCUT2D eigenvalue weighted by Crippen LogP contribution is 2.24. The van der Waals surface area contributed by atoms with Gasteiger partial charge >= 0.3 is 0 Å². The zero-order chi connectivity index (χ0) is 17.4. The van der Waals surface area contributed by atoms with E-state index in [-0.39, 0.29) is 12.5 Å². The highest BCUT2D eigenvalue weighted by Gasteiger charge is 2.04. The minimum Gasteiger partial charge on any atom is -0.484 e. The Morgan fingerprint density at radius 2 is 1.92 bits per heavy atom. The van der Waals surface area contributed by atoms with Crippen LogP contribution in [0.1, 0.15) is 5.56 Å². The lowest BCUT2D eigenvalue weighted by Crippen LogP contribution is -2.30. The van der Waals surface area contributed by atoms with Crippen LogP contribution in [-0.4, -0.2) is 24.8 Å². The first-order chi connectivity index (χ1) is 11.5. The van der Waals surface area contributed by atoms with E-state index in [9.17, 15) is 4.79 Å². The molecule has 2 aromatic rings. The maximum absolute atomic E-state index is 11.7. The summed E-state index contributed by atoms with van der Waals surface area (Å²) in [6.07, 6.45) is 0. The minimum atomic E-state index is -0.136. The Hall–Kier alpha value is -0.880. The largest absolute Gasteiger partial charge is 0.484 e. The summed E-state index contributed by atoms with van der Waals surface area (Å²) >= 11 is 17.0. The first kappa shape index (κ1) is 19.4. The number of ether oxygens (including phenoxy) is 1. The molecule has 3 nitrogen and oxygen atoms in total. The maximum Gasteiger partial charge on any atom is 0.257 e. The van der Waals surface area contributed by atoms with Gasteiger partial charge in [0.25, 0.3) is 5.91 Å². The molecule has 2 rings (SSSR count). The second-order valence-electron chi connectivity index (χ2n) is 4.88. The Bertz CT molecular complexity index is 683. The number of hydrogen-bond donors (Lipinski definition) is 1. The molecule has 0 aliphatic carbocycles. The lowest BCUT2D eigenvalue weighted by atomic mass is 10.2. The summed E-state index contributed by atoms with van der Waals surface area (Å²) in [6.45, 7) is 0.591. The minimum absolute atomic E-state index is 0.00924. The van der Waals surface area contributed by atoms with Crippen LogP contribution in [0.5, 0.6) is 5.75 Å². The predicted octanol–water partition coefficient (Wildman–Crippen LogP) is 5.18. The summed E-state index contributed by atoms with van der Waals surface area (Å²) in [6, 6.07) is 12.8. The van der Waals surface area contributed by atoms with Gasteiger partial charge in [-0.3, -0.25) is 4.79 Å². The number of nitrogens with one attached hydrogen (secondary N) is 1. The van der Waals surface area contributed by atoms with Crippen molar-refractivity contribution in [2.24, 2.45) is 0 Å². The van der Waals surface area contributed by atoms with Gasteiger partial charge in [-0.2, -0.15) is 11.8 Å². The third-order valence-electron chi connectivity index (χ3n) is 3.02. The second kappa shape index (κ2) is 10.2. The second-order valence-corrected chi connectivity index (χ2v) is 7.75. The van der Waals surface area contributed by atoms with Crippen LogP contribution in [0.3, 0.4) is 0 Å². The van der Waals surface area contributed by atoms with Crippen LogP contribution in [0.15, 0.2) is 46.9 Å². The van der Waals surface area contributed by atoms with Crippen LogP contribution in [0.4, 0.5) is 0 Å². The zero-order valence-electron chi connectivity index (χ0n) is 12.7.